The van der Waals surface area contributed by atoms with Crippen LogP contribution in [0.1, 0.15) is 52.0 Å². The van der Waals surface area contributed by atoms with Crippen molar-refractivity contribution >= 4 is 54.2 Å². The lowest BCUT2D eigenvalue weighted by molar-refractivity contribution is 0.0733. The minimum atomic E-state index is -1.77. The van der Waals surface area contributed by atoms with Gasteiger partial charge in [-0.2, -0.15) is 11.8 Å². The van der Waals surface area contributed by atoms with Gasteiger partial charge in [0.2, 0.25) is 5.95 Å². The van der Waals surface area contributed by atoms with Crippen LogP contribution in [0.3, 0.4) is 0 Å². The summed E-state index contributed by atoms with van der Waals surface area (Å²) < 4.78 is 13.2. The Hall–Kier alpha value is -1.80. The van der Waals surface area contributed by atoms with E-state index in [1.807, 2.05) is 30.5 Å². The largest absolute Gasteiger partial charge is 0.487 e. The number of thioether (sulfide) groups is 1. The van der Waals surface area contributed by atoms with Crippen LogP contribution in [0.4, 0.5) is 11.6 Å². The van der Waals surface area contributed by atoms with Crippen molar-refractivity contribution in [2.75, 3.05) is 11.6 Å². The number of anilines is 2. The molecule has 194 valence electrons. The van der Waals surface area contributed by atoms with Crippen molar-refractivity contribution in [2.45, 2.75) is 82.5 Å². The normalized spacial score (nSPS) is 18.9. The Bertz CT molecular complexity index is 1190. The van der Waals surface area contributed by atoms with Crippen molar-refractivity contribution in [3.05, 3.63) is 53.2 Å². The fraction of sp³-hybridized carbons (Fsp3) is 0.500. The molecule has 1 heterocycles. The molecule has 1 aliphatic carbocycles. The number of benzene rings is 2. The number of hydrogen-bond donors (Lipinski definition) is 1. The molecule has 3 aromatic rings. The van der Waals surface area contributed by atoms with Crippen LogP contribution >= 0.6 is 23.4 Å². The fourth-order valence-corrected chi connectivity index (χ4v) is 6.41. The second-order valence-corrected chi connectivity index (χ2v) is 17.2. The predicted octanol–water partition coefficient (Wildman–Crippen LogP) is 8.60. The molecule has 0 aliphatic heterocycles. The van der Waals surface area contributed by atoms with E-state index in [1.165, 1.54) is 5.56 Å². The summed E-state index contributed by atoms with van der Waals surface area (Å²) in [5.41, 5.74) is 2.96. The van der Waals surface area contributed by atoms with E-state index < -0.39 is 8.32 Å². The third kappa shape index (κ3) is 6.54. The Morgan fingerprint density at radius 2 is 1.81 bits per heavy atom. The lowest BCUT2D eigenvalue weighted by Crippen LogP contribution is -2.45. The van der Waals surface area contributed by atoms with Gasteiger partial charge in [0.05, 0.1) is 11.1 Å². The van der Waals surface area contributed by atoms with Crippen molar-refractivity contribution < 1.29 is 9.16 Å². The lowest BCUT2D eigenvalue weighted by Gasteiger charge is -2.41. The first-order valence-corrected chi connectivity index (χ1v) is 17.4. The Morgan fingerprint density at radius 1 is 1.08 bits per heavy atom. The zero-order valence-electron chi connectivity index (χ0n) is 22.2. The van der Waals surface area contributed by atoms with Gasteiger partial charge in [0, 0.05) is 29.1 Å². The number of hydrogen-bond acceptors (Lipinski definition) is 6. The van der Waals surface area contributed by atoms with E-state index in [2.05, 4.69) is 62.6 Å². The average molecular weight is 544 g/mol. The fourth-order valence-electron chi connectivity index (χ4n) is 4.28. The number of rotatable bonds is 8. The van der Waals surface area contributed by atoms with E-state index in [-0.39, 0.29) is 11.1 Å². The third-order valence-corrected chi connectivity index (χ3v) is 12.8. The van der Waals surface area contributed by atoms with Crippen LogP contribution in [0, 0.1) is 0 Å². The number of halogens is 1. The molecule has 8 heteroatoms. The molecule has 1 saturated carbocycles. The highest BCUT2D eigenvalue weighted by Crippen LogP contribution is 2.40. The Kier molecular flexibility index (Phi) is 8.55. The van der Waals surface area contributed by atoms with Crippen LogP contribution in [-0.4, -0.2) is 36.7 Å². The first-order valence-electron chi connectivity index (χ1n) is 12.7. The van der Waals surface area contributed by atoms with E-state index in [4.69, 9.17) is 25.7 Å². The molecule has 36 heavy (non-hydrogen) atoms. The van der Waals surface area contributed by atoms with Gasteiger partial charge in [-0.05, 0) is 79.9 Å². The zero-order valence-corrected chi connectivity index (χ0v) is 24.8. The summed E-state index contributed by atoms with van der Waals surface area (Å²) >= 11 is 8.43. The second-order valence-electron chi connectivity index (χ2n) is 11.2. The Labute approximate surface area is 225 Å². The minimum absolute atomic E-state index is 0.0990. The zero-order chi connectivity index (χ0) is 25.9. The molecule has 0 unspecified atom stereocenters. The highest BCUT2D eigenvalue weighted by atomic mass is 35.5. The lowest BCUT2D eigenvalue weighted by atomic mass is 9.95. The summed E-state index contributed by atoms with van der Waals surface area (Å²) in [6.45, 7) is 11.5. The highest BCUT2D eigenvalue weighted by molar-refractivity contribution is 7.97. The quantitative estimate of drug-likeness (QED) is 0.287. The van der Waals surface area contributed by atoms with Crippen LogP contribution < -0.4 is 10.1 Å². The van der Waals surface area contributed by atoms with Crippen LogP contribution in [0.2, 0.25) is 23.2 Å². The molecule has 1 aliphatic rings. The molecule has 1 fully saturated rings. The van der Waals surface area contributed by atoms with Gasteiger partial charge in [0.25, 0.3) is 0 Å². The molecule has 0 spiro atoms. The number of ether oxygens (including phenoxy) is 1. The van der Waals surface area contributed by atoms with Crippen molar-refractivity contribution in [1.29, 1.82) is 0 Å². The van der Waals surface area contributed by atoms with Crippen molar-refractivity contribution in [2.24, 2.45) is 0 Å². The van der Waals surface area contributed by atoms with Gasteiger partial charge in [-0.15, -0.1) is 0 Å². The van der Waals surface area contributed by atoms with Crippen LogP contribution in [0.15, 0.2) is 42.6 Å². The third-order valence-electron chi connectivity index (χ3n) is 7.33. The van der Waals surface area contributed by atoms with Gasteiger partial charge in [0.1, 0.15) is 5.52 Å². The van der Waals surface area contributed by atoms with Crippen molar-refractivity contribution in [3.8, 4) is 5.75 Å². The highest BCUT2D eigenvalue weighted by Gasteiger charge is 2.40. The van der Waals surface area contributed by atoms with Crippen LogP contribution in [0.5, 0.6) is 5.75 Å². The number of nitrogens with zero attached hydrogens (tertiary/aromatic N) is 2. The standard InChI is InChI=1S/C28H38ClN3O2SSi/c1-28(2,3)36(5,6)34-23-13-11-22(12-14-23)33-26-24(29)15-10-20-17-30-27(32-25(20)26)31-21-9-7-8-19(16-21)18-35-4/h7-10,15-17,22-23H,11-14,18H2,1-6H3,(H,30,31,32). The van der Waals surface area contributed by atoms with Crippen LogP contribution in [-0.2, 0) is 10.2 Å². The van der Waals surface area contributed by atoms with E-state index >= 15 is 0 Å². The summed E-state index contributed by atoms with van der Waals surface area (Å²) in [4.78, 5) is 9.33. The topological polar surface area (TPSA) is 56.3 Å². The van der Waals surface area contributed by atoms with Gasteiger partial charge in [-0.25, -0.2) is 9.97 Å². The molecule has 0 amide bonds. The maximum atomic E-state index is 6.66. The van der Waals surface area contributed by atoms with Gasteiger partial charge in [-0.3, -0.25) is 0 Å². The van der Waals surface area contributed by atoms with E-state index in [1.54, 1.807) is 11.8 Å². The molecule has 0 saturated heterocycles. The SMILES string of the molecule is CSCc1cccc(Nc2ncc3ccc(Cl)c(OC4CCC(O[Si](C)(C)C(C)(C)C)CC4)c3n2)c1. The maximum absolute atomic E-state index is 6.66. The second kappa shape index (κ2) is 11.3. The number of aromatic nitrogens is 2. The molecular formula is C28H38ClN3O2SSi. The van der Waals surface area contributed by atoms with Gasteiger partial charge >= 0.3 is 0 Å². The molecule has 4 rings (SSSR count). The molecule has 5 nitrogen and oxygen atoms in total. The van der Waals surface area contributed by atoms with E-state index in [0.717, 1.165) is 48.0 Å². The first kappa shape index (κ1) is 27.2. The summed E-state index contributed by atoms with van der Waals surface area (Å²) in [6.07, 6.45) is 8.25. The molecule has 0 radical (unpaired) electrons. The summed E-state index contributed by atoms with van der Waals surface area (Å²) in [5, 5.41) is 5.05. The number of nitrogens with one attached hydrogen (secondary N) is 1. The Morgan fingerprint density at radius 3 is 2.50 bits per heavy atom. The van der Waals surface area contributed by atoms with E-state index in [9.17, 15) is 0 Å². The monoisotopic (exact) mass is 543 g/mol. The first-order chi connectivity index (χ1) is 17.1. The number of fused-ring (bicyclic) bond motifs is 1. The minimum Gasteiger partial charge on any atom is -0.487 e. The van der Waals surface area contributed by atoms with Gasteiger partial charge < -0.3 is 14.5 Å². The van der Waals surface area contributed by atoms with Crippen molar-refractivity contribution in [3.63, 3.8) is 0 Å². The summed E-state index contributed by atoms with van der Waals surface area (Å²) in [7, 11) is -1.77. The molecule has 0 atom stereocenters. The molecule has 0 bridgehead atoms. The molecule has 1 aromatic heterocycles. The predicted molar refractivity (Wildman–Crippen MR) is 156 cm³/mol. The Balaban J connectivity index is 1.48. The molecular weight excluding hydrogens is 506 g/mol. The van der Waals surface area contributed by atoms with Crippen molar-refractivity contribution in [1.82, 2.24) is 9.97 Å². The maximum Gasteiger partial charge on any atom is 0.227 e. The average Bonchev–Trinajstić information content (AvgIpc) is 2.82. The van der Waals surface area contributed by atoms with Crippen LogP contribution in [0.25, 0.3) is 10.9 Å². The van der Waals surface area contributed by atoms with Gasteiger partial charge in [0.15, 0.2) is 14.1 Å². The molecule has 2 aromatic carbocycles. The van der Waals surface area contributed by atoms with E-state index in [0.29, 0.717) is 22.8 Å². The summed E-state index contributed by atoms with van der Waals surface area (Å²) in [6, 6.07) is 12.1. The smallest absolute Gasteiger partial charge is 0.227 e. The van der Waals surface area contributed by atoms with Gasteiger partial charge in [-0.1, -0.05) is 44.5 Å². The molecule has 1 N–H and O–H groups in total. The summed E-state index contributed by atoms with van der Waals surface area (Å²) in [5.74, 6) is 2.14.